The third kappa shape index (κ3) is 7.43. The van der Waals surface area contributed by atoms with Gasteiger partial charge >= 0.3 is 8.80 Å². The van der Waals surface area contributed by atoms with Crippen molar-refractivity contribution in [2.75, 3.05) is 61.0 Å². The van der Waals surface area contributed by atoms with Gasteiger partial charge in [0.2, 0.25) is 5.41 Å². The van der Waals surface area contributed by atoms with E-state index < -0.39 is 8.80 Å². The highest BCUT2D eigenvalue weighted by Gasteiger charge is 2.49. The summed E-state index contributed by atoms with van der Waals surface area (Å²) in [5, 5.41) is -0.152. The van der Waals surface area contributed by atoms with Gasteiger partial charge in [-0.15, -0.1) is 0 Å². The predicted molar refractivity (Wildman–Crippen MR) is 74.5 cm³/mol. The Bertz CT molecular complexity index is 223. The van der Waals surface area contributed by atoms with Crippen LogP contribution in [0.2, 0.25) is 0 Å². The summed E-state index contributed by atoms with van der Waals surface area (Å²) >= 11 is 0. The van der Waals surface area contributed by atoms with E-state index in [0.29, 0.717) is 26.2 Å². The first-order valence-electron chi connectivity index (χ1n) is 6.58. The molecule has 0 unspecified atom stereocenters. The van der Waals surface area contributed by atoms with Crippen LogP contribution < -0.4 is 0 Å². The van der Waals surface area contributed by atoms with Crippen molar-refractivity contribution >= 4 is 14.2 Å². The van der Waals surface area contributed by atoms with Crippen LogP contribution in [-0.2, 0) is 32.3 Å². The van der Waals surface area contributed by atoms with Crippen molar-refractivity contribution in [1.82, 2.24) is 0 Å². The van der Waals surface area contributed by atoms with Gasteiger partial charge in [-0.05, 0) is 0 Å². The minimum absolute atomic E-state index is 0.152. The van der Waals surface area contributed by atoms with Gasteiger partial charge < -0.3 is 27.5 Å². The largest absolute Gasteiger partial charge is 0.575 e. The van der Waals surface area contributed by atoms with E-state index in [-0.39, 0.29) is 25.2 Å². The topological polar surface area (TPSA) is 72.5 Å². The Morgan fingerprint density at radius 2 is 1.10 bits per heavy atom. The maximum atomic E-state index is 12.2. The number of hydrogen-bond donors (Lipinski definition) is 0. The molecular weight excluding hydrogens is 284 g/mol. The third-order valence-electron chi connectivity index (χ3n) is 2.40. The van der Waals surface area contributed by atoms with Gasteiger partial charge in [0.15, 0.2) is 0 Å². The Labute approximate surface area is 121 Å². The fourth-order valence-electron chi connectivity index (χ4n) is 1.36. The Balaban J connectivity index is 4.71. The first-order valence-corrected chi connectivity index (χ1v) is 8.31. The van der Waals surface area contributed by atoms with Crippen molar-refractivity contribution < 1.29 is 32.3 Å². The van der Waals surface area contributed by atoms with E-state index in [1.54, 1.807) is 28.3 Å². The van der Waals surface area contributed by atoms with Crippen LogP contribution in [0.25, 0.3) is 0 Å². The van der Waals surface area contributed by atoms with Gasteiger partial charge in [-0.25, -0.2) is 0 Å². The highest BCUT2D eigenvalue weighted by Crippen LogP contribution is 2.14. The monoisotopic (exact) mass is 310 g/mol. The average Bonchev–Trinajstić information content (AvgIpc) is 2.46. The van der Waals surface area contributed by atoms with Gasteiger partial charge in [-0.2, -0.15) is 0 Å². The molecule has 20 heavy (non-hydrogen) atoms. The molecule has 7 nitrogen and oxygen atoms in total. The van der Waals surface area contributed by atoms with Crippen LogP contribution in [0.4, 0.5) is 0 Å². The predicted octanol–water partition coefficient (Wildman–Crippen LogP) is 0.433. The zero-order valence-corrected chi connectivity index (χ0v) is 13.8. The lowest BCUT2D eigenvalue weighted by Crippen LogP contribution is -2.55. The standard InChI is InChI=1S/C12H26O7Si/c1-5-12(13)20(17-9-6-14-2,18-10-7-15-3)19-11-8-16-4/h5-11H2,1-4H3. The quantitative estimate of drug-likeness (QED) is 0.340. The molecule has 0 aliphatic carbocycles. The second-order valence-electron chi connectivity index (χ2n) is 3.86. The average molecular weight is 310 g/mol. The van der Waals surface area contributed by atoms with Gasteiger partial charge in [-0.3, -0.25) is 4.79 Å². The number of hydrogen-bond acceptors (Lipinski definition) is 7. The summed E-state index contributed by atoms with van der Waals surface area (Å²) < 4.78 is 31.7. The molecule has 0 aromatic heterocycles. The molecule has 0 radical (unpaired) electrons. The number of methoxy groups -OCH3 is 3. The summed E-state index contributed by atoms with van der Waals surface area (Å²) in [6.07, 6.45) is 0.291. The molecule has 0 aliphatic rings. The molecule has 0 fully saturated rings. The Hall–Kier alpha value is -0.353. The summed E-state index contributed by atoms with van der Waals surface area (Å²) in [6.45, 7) is 3.59. The summed E-state index contributed by atoms with van der Waals surface area (Å²) in [5.74, 6) is 0. The molecule has 120 valence electrons. The molecule has 0 saturated heterocycles. The molecule has 0 aromatic carbocycles. The number of carbonyl (C=O) groups excluding carboxylic acids is 1. The lowest BCUT2D eigenvalue weighted by atomic mass is 10.6. The van der Waals surface area contributed by atoms with Crippen LogP contribution in [0.5, 0.6) is 0 Å². The lowest BCUT2D eigenvalue weighted by molar-refractivity contribution is -0.120. The number of rotatable bonds is 14. The van der Waals surface area contributed by atoms with Crippen LogP contribution in [0.15, 0.2) is 0 Å². The SMILES string of the molecule is CCC(=O)[Si](OCCOC)(OCCOC)OCCOC. The Kier molecular flexibility index (Phi) is 12.2. The van der Waals surface area contributed by atoms with Crippen molar-refractivity contribution in [3.8, 4) is 0 Å². The second-order valence-corrected chi connectivity index (χ2v) is 6.39. The highest BCUT2D eigenvalue weighted by molar-refractivity contribution is 6.92. The van der Waals surface area contributed by atoms with E-state index in [9.17, 15) is 4.79 Å². The summed E-state index contributed by atoms with van der Waals surface area (Å²) in [7, 11) is 1.29. The molecule has 0 N–H and O–H groups in total. The van der Waals surface area contributed by atoms with Crippen LogP contribution in [0.1, 0.15) is 13.3 Å². The van der Waals surface area contributed by atoms with Gasteiger partial charge in [0, 0.05) is 27.8 Å². The molecule has 0 aliphatic heterocycles. The smallest absolute Gasteiger partial charge is 0.382 e. The molecule has 0 aromatic rings. The summed E-state index contributed by atoms with van der Waals surface area (Å²) in [6, 6.07) is 0. The van der Waals surface area contributed by atoms with Gasteiger partial charge in [-0.1, -0.05) is 6.92 Å². The minimum atomic E-state index is -3.39. The molecule has 0 bridgehead atoms. The fraction of sp³-hybridized carbons (Fsp3) is 0.917. The zero-order valence-electron chi connectivity index (χ0n) is 12.8. The molecular formula is C12H26O7Si. The molecule has 0 amide bonds. The van der Waals surface area contributed by atoms with Crippen molar-refractivity contribution in [1.29, 1.82) is 0 Å². The van der Waals surface area contributed by atoms with Crippen LogP contribution in [-0.4, -0.2) is 75.2 Å². The molecule has 0 atom stereocenters. The first kappa shape index (κ1) is 19.6. The fourth-order valence-corrected chi connectivity index (χ4v) is 3.58. The lowest BCUT2D eigenvalue weighted by Gasteiger charge is -2.27. The second kappa shape index (κ2) is 12.4. The van der Waals surface area contributed by atoms with Crippen molar-refractivity contribution in [3.05, 3.63) is 0 Å². The number of ether oxygens (including phenoxy) is 3. The Morgan fingerprint density at radius 3 is 1.35 bits per heavy atom. The van der Waals surface area contributed by atoms with Crippen molar-refractivity contribution in [2.45, 2.75) is 13.3 Å². The van der Waals surface area contributed by atoms with Gasteiger partial charge in [0.05, 0.1) is 39.6 Å². The number of carbonyl (C=O) groups is 1. The normalized spacial score (nSPS) is 11.8. The maximum absolute atomic E-state index is 12.2. The summed E-state index contributed by atoms with van der Waals surface area (Å²) in [4.78, 5) is 12.2. The van der Waals surface area contributed by atoms with E-state index >= 15 is 0 Å². The zero-order chi connectivity index (χ0) is 15.3. The van der Waals surface area contributed by atoms with Gasteiger partial charge in [0.25, 0.3) is 0 Å². The molecule has 8 heteroatoms. The first-order chi connectivity index (χ1) is 9.66. The molecule has 0 rings (SSSR count). The highest BCUT2D eigenvalue weighted by atomic mass is 28.4. The van der Waals surface area contributed by atoms with Crippen molar-refractivity contribution in [3.63, 3.8) is 0 Å². The van der Waals surface area contributed by atoms with Crippen LogP contribution in [0.3, 0.4) is 0 Å². The molecule has 0 spiro atoms. The van der Waals surface area contributed by atoms with Crippen molar-refractivity contribution in [2.24, 2.45) is 0 Å². The Morgan fingerprint density at radius 1 is 0.750 bits per heavy atom. The van der Waals surface area contributed by atoms with E-state index in [4.69, 9.17) is 27.5 Å². The third-order valence-corrected chi connectivity index (χ3v) is 5.19. The van der Waals surface area contributed by atoms with Crippen LogP contribution >= 0.6 is 0 Å². The minimum Gasteiger partial charge on any atom is -0.382 e. The molecule has 0 heterocycles. The maximum Gasteiger partial charge on any atom is 0.575 e. The van der Waals surface area contributed by atoms with E-state index in [0.717, 1.165) is 0 Å². The molecule has 0 saturated carbocycles. The summed E-state index contributed by atoms with van der Waals surface area (Å²) in [5.41, 5.74) is 0. The van der Waals surface area contributed by atoms with E-state index in [1.807, 2.05) is 0 Å². The van der Waals surface area contributed by atoms with Crippen LogP contribution in [0, 0.1) is 0 Å². The van der Waals surface area contributed by atoms with E-state index in [2.05, 4.69) is 0 Å². The van der Waals surface area contributed by atoms with Gasteiger partial charge in [0.1, 0.15) is 0 Å². The van der Waals surface area contributed by atoms with E-state index in [1.165, 1.54) is 0 Å².